The zero-order valence-corrected chi connectivity index (χ0v) is 11.2. The van der Waals surface area contributed by atoms with Gasteiger partial charge in [0.05, 0.1) is 17.7 Å². The molecule has 6 heteroatoms. The van der Waals surface area contributed by atoms with Gasteiger partial charge in [-0.05, 0) is 36.4 Å². The Labute approximate surface area is 111 Å². The summed E-state index contributed by atoms with van der Waals surface area (Å²) in [5.74, 6) is 0.0977. The standard InChI is InChI=1S/C13H14FNO3S/c1-2-15(10-12-4-3-9-18-12)19(16,17)13-7-5-11(14)6-8-13/h3-9H,2,10H2,1H3. The highest BCUT2D eigenvalue weighted by Crippen LogP contribution is 2.18. The molecule has 0 aliphatic heterocycles. The van der Waals surface area contributed by atoms with Crippen molar-refractivity contribution < 1.29 is 17.2 Å². The topological polar surface area (TPSA) is 50.5 Å². The lowest BCUT2D eigenvalue weighted by Gasteiger charge is -2.19. The summed E-state index contributed by atoms with van der Waals surface area (Å²) in [5, 5.41) is 0. The molecule has 1 heterocycles. The molecule has 19 heavy (non-hydrogen) atoms. The quantitative estimate of drug-likeness (QED) is 0.847. The van der Waals surface area contributed by atoms with E-state index >= 15 is 0 Å². The largest absolute Gasteiger partial charge is 0.468 e. The molecule has 0 atom stereocenters. The summed E-state index contributed by atoms with van der Waals surface area (Å²) in [4.78, 5) is 0.0716. The first kappa shape index (κ1) is 13.8. The van der Waals surface area contributed by atoms with Gasteiger partial charge in [-0.15, -0.1) is 0 Å². The molecule has 0 spiro atoms. The van der Waals surface area contributed by atoms with E-state index in [-0.39, 0.29) is 11.4 Å². The average Bonchev–Trinajstić information content (AvgIpc) is 2.89. The van der Waals surface area contributed by atoms with Crippen molar-refractivity contribution in [2.75, 3.05) is 6.54 Å². The Hall–Kier alpha value is -1.66. The van der Waals surface area contributed by atoms with Crippen LogP contribution in [-0.2, 0) is 16.6 Å². The van der Waals surface area contributed by atoms with Gasteiger partial charge < -0.3 is 4.42 Å². The van der Waals surface area contributed by atoms with Crippen molar-refractivity contribution >= 4 is 10.0 Å². The van der Waals surface area contributed by atoms with Crippen LogP contribution in [0.3, 0.4) is 0 Å². The monoisotopic (exact) mass is 283 g/mol. The number of hydrogen-bond donors (Lipinski definition) is 0. The fourth-order valence-electron chi connectivity index (χ4n) is 1.70. The molecular formula is C13H14FNO3S. The molecule has 2 rings (SSSR count). The van der Waals surface area contributed by atoms with Crippen LogP contribution < -0.4 is 0 Å². The minimum Gasteiger partial charge on any atom is -0.468 e. The molecule has 0 saturated carbocycles. The Balaban J connectivity index is 2.28. The van der Waals surface area contributed by atoms with Gasteiger partial charge in [-0.1, -0.05) is 6.92 Å². The summed E-state index contributed by atoms with van der Waals surface area (Å²) in [5.41, 5.74) is 0. The highest BCUT2D eigenvalue weighted by molar-refractivity contribution is 7.89. The molecule has 0 bridgehead atoms. The number of furan rings is 1. The molecule has 0 saturated heterocycles. The van der Waals surface area contributed by atoms with Crippen molar-refractivity contribution in [1.29, 1.82) is 0 Å². The highest BCUT2D eigenvalue weighted by atomic mass is 32.2. The number of halogens is 1. The minimum absolute atomic E-state index is 0.0716. The maximum atomic E-state index is 12.8. The molecule has 4 nitrogen and oxygen atoms in total. The van der Waals surface area contributed by atoms with Crippen LogP contribution in [-0.4, -0.2) is 19.3 Å². The maximum absolute atomic E-state index is 12.8. The first-order chi connectivity index (χ1) is 9.04. The average molecular weight is 283 g/mol. The van der Waals surface area contributed by atoms with Gasteiger partial charge in [-0.2, -0.15) is 4.31 Å². The number of sulfonamides is 1. The molecule has 0 N–H and O–H groups in total. The van der Waals surface area contributed by atoms with E-state index in [9.17, 15) is 12.8 Å². The van der Waals surface area contributed by atoms with Gasteiger partial charge >= 0.3 is 0 Å². The van der Waals surface area contributed by atoms with Gasteiger partial charge in [0.15, 0.2) is 0 Å². The van der Waals surface area contributed by atoms with Crippen molar-refractivity contribution in [3.63, 3.8) is 0 Å². The number of hydrogen-bond acceptors (Lipinski definition) is 3. The van der Waals surface area contributed by atoms with E-state index < -0.39 is 15.8 Å². The first-order valence-corrected chi connectivity index (χ1v) is 7.26. The van der Waals surface area contributed by atoms with E-state index in [1.165, 1.54) is 22.7 Å². The van der Waals surface area contributed by atoms with Gasteiger partial charge in [0.2, 0.25) is 10.0 Å². The van der Waals surface area contributed by atoms with Crippen LogP contribution in [0.15, 0.2) is 52.0 Å². The summed E-state index contributed by atoms with van der Waals surface area (Å²) >= 11 is 0. The van der Waals surface area contributed by atoms with Gasteiger partial charge in [0.25, 0.3) is 0 Å². The van der Waals surface area contributed by atoms with Crippen molar-refractivity contribution in [2.45, 2.75) is 18.4 Å². The fourth-order valence-corrected chi connectivity index (χ4v) is 3.11. The second kappa shape index (κ2) is 5.54. The third-order valence-electron chi connectivity index (χ3n) is 2.72. The van der Waals surface area contributed by atoms with Crippen molar-refractivity contribution in [3.8, 4) is 0 Å². The lowest BCUT2D eigenvalue weighted by Crippen LogP contribution is -2.30. The van der Waals surface area contributed by atoms with Crippen molar-refractivity contribution in [3.05, 3.63) is 54.2 Å². The van der Waals surface area contributed by atoms with E-state index in [1.807, 2.05) is 0 Å². The molecule has 2 aromatic rings. The Morgan fingerprint density at radius 3 is 2.42 bits per heavy atom. The molecule has 0 aliphatic carbocycles. The molecule has 0 unspecified atom stereocenters. The lowest BCUT2D eigenvalue weighted by molar-refractivity contribution is 0.375. The normalized spacial score (nSPS) is 11.9. The van der Waals surface area contributed by atoms with Gasteiger partial charge in [0.1, 0.15) is 11.6 Å². The van der Waals surface area contributed by atoms with E-state index in [0.717, 1.165) is 12.1 Å². The first-order valence-electron chi connectivity index (χ1n) is 5.82. The van der Waals surface area contributed by atoms with Gasteiger partial charge in [0, 0.05) is 6.54 Å². The number of rotatable bonds is 5. The Morgan fingerprint density at radius 1 is 1.21 bits per heavy atom. The minimum atomic E-state index is -3.64. The lowest BCUT2D eigenvalue weighted by atomic mass is 10.4. The smallest absolute Gasteiger partial charge is 0.243 e. The fraction of sp³-hybridized carbons (Fsp3) is 0.231. The van der Waals surface area contributed by atoms with Gasteiger partial charge in [-0.25, -0.2) is 12.8 Å². The number of nitrogens with zero attached hydrogens (tertiary/aromatic N) is 1. The second-order valence-corrected chi connectivity index (χ2v) is 5.90. The maximum Gasteiger partial charge on any atom is 0.243 e. The van der Waals surface area contributed by atoms with Crippen LogP contribution in [0.25, 0.3) is 0 Å². The SMILES string of the molecule is CCN(Cc1ccco1)S(=O)(=O)c1ccc(F)cc1. The third kappa shape index (κ3) is 3.02. The predicted octanol–water partition coefficient (Wildman–Crippen LogP) is 2.63. The third-order valence-corrected chi connectivity index (χ3v) is 4.65. The van der Waals surface area contributed by atoms with E-state index in [1.54, 1.807) is 19.1 Å². The van der Waals surface area contributed by atoms with Crippen LogP contribution in [0.1, 0.15) is 12.7 Å². The van der Waals surface area contributed by atoms with Crippen LogP contribution in [0.4, 0.5) is 4.39 Å². The molecule has 0 aliphatic rings. The molecule has 1 aromatic heterocycles. The molecule has 1 aromatic carbocycles. The molecule has 0 radical (unpaired) electrons. The van der Waals surface area contributed by atoms with E-state index in [2.05, 4.69) is 0 Å². The second-order valence-electron chi connectivity index (χ2n) is 3.96. The predicted molar refractivity (Wildman–Crippen MR) is 68.4 cm³/mol. The zero-order chi connectivity index (χ0) is 13.9. The van der Waals surface area contributed by atoms with Crippen molar-refractivity contribution in [2.24, 2.45) is 0 Å². The van der Waals surface area contributed by atoms with Gasteiger partial charge in [-0.3, -0.25) is 0 Å². The Kier molecular flexibility index (Phi) is 4.01. The summed E-state index contributed by atoms with van der Waals surface area (Å²) in [6.07, 6.45) is 1.49. The van der Waals surface area contributed by atoms with E-state index in [4.69, 9.17) is 4.42 Å². The van der Waals surface area contributed by atoms with Crippen LogP contribution in [0.2, 0.25) is 0 Å². The van der Waals surface area contributed by atoms with Crippen LogP contribution in [0, 0.1) is 5.82 Å². The summed E-state index contributed by atoms with van der Waals surface area (Å²) < 4.78 is 44.0. The molecule has 102 valence electrons. The van der Waals surface area contributed by atoms with E-state index in [0.29, 0.717) is 12.3 Å². The zero-order valence-electron chi connectivity index (χ0n) is 10.4. The summed E-state index contributed by atoms with van der Waals surface area (Å²) in [6.45, 7) is 2.20. The van der Waals surface area contributed by atoms with Crippen LogP contribution >= 0.6 is 0 Å². The molecule has 0 fully saturated rings. The van der Waals surface area contributed by atoms with Crippen molar-refractivity contribution in [1.82, 2.24) is 4.31 Å². The Bertz CT molecular complexity index is 620. The summed E-state index contributed by atoms with van der Waals surface area (Å²) in [7, 11) is -3.64. The highest BCUT2D eigenvalue weighted by Gasteiger charge is 2.23. The Morgan fingerprint density at radius 2 is 1.89 bits per heavy atom. The molecule has 0 amide bonds. The summed E-state index contributed by atoms with van der Waals surface area (Å²) in [6, 6.07) is 8.20. The number of benzene rings is 1. The molecular weight excluding hydrogens is 269 g/mol. The van der Waals surface area contributed by atoms with Crippen LogP contribution in [0.5, 0.6) is 0 Å².